The minimum absolute atomic E-state index is 0.162. The van der Waals surface area contributed by atoms with Gasteiger partial charge in [0.25, 0.3) is 0 Å². The van der Waals surface area contributed by atoms with E-state index in [1.54, 1.807) is 6.20 Å². The molecule has 1 aromatic rings. The van der Waals surface area contributed by atoms with Gasteiger partial charge in [-0.25, -0.2) is 4.98 Å². The second kappa shape index (κ2) is 8.76. The standard InChI is InChI=1S/C18H30N4O2/c1-3-21(4-2)9-10-22-11-16-17(12-22)24-14-15(13-23-16)20-18-7-5-6-8-19-18/h5-8,15-17H,3-4,9-14H2,1-2H3,(H,19,20)/t16-,17-/m0/s1. The third kappa shape index (κ3) is 4.66. The van der Waals surface area contributed by atoms with Crippen LogP contribution in [0.25, 0.3) is 0 Å². The van der Waals surface area contributed by atoms with Gasteiger partial charge in [0.1, 0.15) is 5.82 Å². The molecule has 2 atom stereocenters. The first kappa shape index (κ1) is 17.6. The molecule has 6 heteroatoms. The van der Waals surface area contributed by atoms with Gasteiger partial charge in [0.15, 0.2) is 0 Å². The van der Waals surface area contributed by atoms with Gasteiger partial charge in [0.2, 0.25) is 0 Å². The summed E-state index contributed by atoms with van der Waals surface area (Å²) < 4.78 is 12.3. The van der Waals surface area contributed by atoms with Gasteiger partial charge in [0.05, 0.1) is 31.5 Å². The average molecular weight is 334 g/mol. The Morgan fingerprint density at radius 3 is 2.46 bits per heavy atom. The predicted octanol–water partition coefficient (Wildman–Crippen LogP) is 1.30. The number of nitrogens with zero attached hydrogens (tertiary/aromatic N) is 3. The van der Waals surface area contributed by atoms with Crippen molar-refractivity contribution in [1.29, 1.82) is 0 Å². The summed E-state index contributed by atoms with van der Waals surface area (Å²) in [5.74, 6) is 0.877. The number of fused-ring (bicyclic) bond motifs is 1. The summed E-state index contributed by atoms with van der Waals surface area (Å²) in [4.78, 5) is 9.24. The number of hydrogen-bond donors (Lipinski definition) is 1. The van der Waals surface area contributed by atoms with E-state index in [0.29, 0.717) is 13.2 Å². The maximum Gasteiger partial charge on any atom is 0.126 e. The summed E-state index contributed by atoms with van der Waals surface area (Å²) in [7, 11) is 0. The van der Waals surface area contributed by atoms with Crippen LogP contribution in [0, 0.1) is 0 Å². The van der Waals surface area contributed by atoms with Gasteiger partial charge in [0, 0.05) is 32.4 Å². The van der Waals surface area contributed by atoms with E-state index >= 15 is 0 Å². The zero-order valence-corrected chi connectivity index (χ0v) is 14.9. The molecule has 0 aromatic carbocycles. The van der Waals surface area contributed by atoms with Crippen LogP contribution in [0.2, 0.25) is 0 Å². The normalized spacial score (nSPS) is 25.6. The van der Waals surface area contributed by atoms with Crippen LogP contribution in [0.3, 0.4) is 0 Å². The summed E-state index contributed by atoms with van der Waals surface area (Å²) in [5.41, 5.74) is 0. The van der Waals surface area contributed by atoms with Crippen LogP contribution in [0.15, 0.2) is 24.4 Å². The highest BCUT2D eigenvalue weighted by Gasteiger charge is 2.37. The second-order valence-electron chi connectivity index (χ2n) is 6.59. The monoisotopic (exact) mass is 334 g/mol. The van der Waals surface area contributed by atoms with Crippen LogP contribution in [-0.2, 0) is 9.47 Å². The minimum Gasteiger partial charge on any atom is -0.372 e. The molecular weight excluding hydrogens is 304 g/mol. The summed E-state index contributed by atoms with van der Waals surface area (Å²) in [6.45, 7) is 12.2. The summed E-state index contributed by atoms with van der Waals surface area (Å²) in [6.07, 6.45) is 2.18. The number of aromatic nitrogens is 1. The van der Waals surface area contributed by atoms with Crippen molar-refractivity contribution in [2.45, 2.75) is 32.1 Å². The highest BCUT2D eigenvalue weighted by molar-refractivity contribution is 5.34. The third-order valence-electron chi connectivity index (χ3n) is 4.96. The zero-order valence-electron chi connectivity index (χ0n) is 14.9. The summed E-state index contributed by atoms with van der Waals surface area (Å²) >= 11 is 0. The Morgan fingerprint density at radius 2 is 1.88 bits per heavy atom. The number of nitrogens with one attached hydrogen (secondary N) is 1. The van der Waals surface area contributed by atoms with E-state index in [1.165, 1.54) is 0 Å². The number of ether oxygens (including phenoxy) is 2. The molecule has 24 heavy (non-hydrogen) atoms. The van der Waals surface area contributed by atoms with Crippen molar-refractivity contribution in [2.24, 2.45) is 0 Å². The number of pyridine rings is 1. The van der Waals surface area contributed by atoms with Crippen molar-refractivity contribution in [3.8, 4) is 0 Å². The smallest absolute Gasteiger partial charge is 0.126 e. The molecule has 1 N–H and O–H groups in total. The van der Waals surface area contributed by atoms with Gasteiger partial charge in [-0.1, -0.05) is 19.9 Å². The molecule has 2 aliphatic heterocycles. The fourth-order valence-electron chi connectivity index (χ4n) is 3.41. The molecule has 6 nitrogen and oxygen atoms in total. The van der Waals surface area contributed by atoms with Crippen molar-refractivity contribution < 1.29 is 9.47 Å². The second-order valence-corrected chi connectivity index (χ2v) is 6.59. The Labute approximate surface area is 145 Å². The lowest BCUT2D eigenvalue weighted by Crippen LogP contribution is -2.35. The molecule has 0 saturated carbocycles. The van der Waals surface area contributed by atoms with Crippen LogP contribution in [-0.4, -0.2) is 85.5 Å². The number of likely N-dealkylation sites (N-methyl/N-ethyl adjacent to an activating group) is 1. The lowest BCUT2D eigenvalue weighted by atomic mass is 10.3. The fourth-order valence-corrected chi connectivity index (χ4v) is 3.41. The number of hydrogen-bond acceptors (Lipinski definition) is 6. The Balaban J connectivity index is 1.44. The first-order valence-electron chi connectivity index (χ1n) is 9.14. The number of anilines is 1. The topological polar surface area (TPSA) is 49.9 Å². The van der Waals surface area contributed by atoms with Crippen LogP contribution >= 0.6 is 0 Å². The van der Waals surface area contributed by atoms with Gasteiger partial charge >= 0.3 is 0 Å². The molecule has 0 unspecified atom stereocenters. The van der Waals surface area contributed by atoms with Crippen molar-refractivity contribution >= 4 is 5.82 Å². The van der Waals surface area contributed by atoms with E-state index in [4.69, 9.17) is 9.47 Å². The van der Waals surface area contributed by atoms with Crippen molar-refractivity contribution in [3.63, 3.8) is 0 Å². The predicted molar refractivity (Wildman–Crippen MR) is 95.4 cm³/mol. The van der Waals surface area contributed by atoms with E-state index in [-0.39, 0.29) is 18.2 Å². The van der Waals surface area contributed by atoms with E-state index in [9.17, 15) is 0 Å². The lowest BCUT2D eigenvalue weighted by molar-refractivity contribution is -0.00461. The zero-order chi connectivity index (χ0) is 16.8. The molecular formula is C18H30N4O2. The first-order valence-corrected chi connectivity index (χ1v) is 9.14. The third-order valence-corrected chi connectivity index (χ3v) is 4.96. The minimum atomic E-state index is 0.162. The largest absolute Gasteiger partial charge is 0.372 e. The number of likely N-dealkylation sites (tertiary alicyclic amines) is 1. The summed E-state index contributed by atoms with van der Waals surface area (Å²) in [5, 5.41) is 3.40. The Morgan fingerprint density at radius 1 is 1.17 bits per heavy atom. The van der Waals surface area contributed by atoms with Crippen molar-refractivity contribution in [3.05, 3.63) is 24.4 Å². The Bertz CT molecular complexity index is 467. The van der Waals surface area contributed by atoms with E-state index in [1.807, 2.05) is 18.2 Å². The van der Waals surface area contributed by atoms with E-state index < -0.39 is 0 Å². The van der Waals surface area contributed by atoms with E-state index in [2.05, 4.69) is 33.9 Å². The van der Waals surface area contributed by atoms with Crippen molar-refractivity contribution in [2.75, 3.05) is 57.8 Å². The molecule has 3 heterocycles. The SMILES string of the molecule is CCN(CC)CCN1C[C@@H]2OCC(Nc3ccccn3)CO[C@H]2C1. The fraction of sp³-hybridized carbons (Fsp3) is 0.722. The molecule has 0 amide bonds. The van der Waals surface area contributed by atoms with Gasteiger partial charge in [-0.2, -0.15) is 0 Å². The molecule has 3 rings (SSSR count). The van der Waals surface area contributed by atoms with Crippen LogP contribution < -0.4 is 5.32 Å². The van der Waals surface area contributed by atoms with E-state index in [0.717, 1.165) is 45.1 Å². The Kier molecular flexibility index (Phi) is 6.43. The molecule has 1 aromatic heterocycles. The summed E-state index contributed by atoms with van der Waals surface area (Å²) in [6, 6.07) is 6.04. The highest BCUT2D eigenvalue weighted by atomic mass is 16.6. The molecule has 134 valence electrons. The molecule has 0 bridgehead atoms. The van der Waals surface area contributed by atoms with Gasteiger partial charge in [-0.15, -0.1) is 0 Å². The molecule has 0 spiro atoms. The Hall–Kier alpha value is -1.21. The maximum atomic E-state index is 6.13. The molecule has 2 fully saturated rings. The van der Waals surface area contributed by atoms with Gasteiger partial charge < -0.3 is 19.7 Å². The molecule has 2 aliphatic rings. The van der Waals surface area contributed by atoms with Gasteiger partial charge in [-0.05, 0) is 25.2 Å². The maximum absolute atomic E-state index is 6.13. The van der Waals surface area contributed by atoms with Crippen molar-refractivity contribution in [1.82, 2.24) is 14.8 Å². The highest BCUT2D eigenvalue weighted by Crippen LogP contribution is 2.21. The molecule has 0 radical (unpaired) electrons. The average Bonchev–Trinajstić information content (AvgIpc) is 2.92. The lowest BCUT2D eigenvalue weighted by Gasteiger charge is -2.23. The quantitative estimate of drug-likeness (QED) is 0.811. The van der Waals surface area contributed by atoms with Crippen LogP contribution in [0.4, 0.5) is 5.82 Å². The van der Waals surface area contributed by atoms with Gasteiger partial charge in [-0.3, -0.25) is 4.90 Å². The van der Waals surface area contributed by atoms with Crippen LogP contribution in [0.1, 0.15) is 13.8 Å². The number of rotatable bonds is 7. The van der Waals surface area contributed by atoms with Crippen LogP contribution in [0.5, 0.6) is 0 Å². The molecule has 2 saturated heterocycles. The first-order chi connectivity index (χ1) is 11.8. The molecule has 0 aliphatic carbocycles.